The summed E-state index contributed by atoms with van der Waals surface area (Å²) in [6.45, 7) is 6.71. The number of rotatable bonds is 7. The molecule has 1 fully saturated rings. The van der Waals surface area contributed by atoms with E-state index in [2.05, 4.69) is 13.5 Å². The van der Waals surface area contributed by atoms with Crippen molar-refractivity contribution < 1.29 is 4.74 Å². The summed E-state index contributed by atoms with van der Waals surface area (Å²) in [5.74, 6) is 3.18. The van der Waals surface area contributed by atoms with Crippen molar-refractivity contribution in [3.63, 3.8) is 0 Å². The summed E-state index contributed by atoms with van der Waals surface area (Å²) >= 11 is 0. The number of unbranched alkanes of at least 4 members (excludes halogenated alkanes) is 1. The maximum atomic E-state index is 5.68. The van der Waals surface area contributed by atoms with Gasteiger partial charge in [0.15, 0.2) is 0 Å². The minimum atomic E-state index is 0.895. The monoisotopic (exact) mass is 192 g/mol. The molecule has 0 amide bonds. The second-order valence-electron chi connectivity index (χ2n) is 4.00. The first-order valence-electron chi connectivity index (χ1n) is 5.77. The number of hydrogen-bond donors (Lipinski definition) is 0. The summed E-state index contributed by atoms with van der Waals surface area (Å²) in [4.78, 5) is 0. The smallest absolute Gasteiger partial charge is 0.147 e. The van der Waals surface area contributed by atoms with Crippen LogP contribution in [0.5, 0.6) is 0 Å². The minimum absolute atomic E-state index is 0.895. The number of ether oxygens (including phenoxy) is 1. The van der Waals surface area contributed by atoms with Gasteiger partial charge < -0.3 is 4.74 Å². The Bertz CT molecular complexity index is 202. The lowest BCUT2D eigenvalue weighted by Crippen LogP contribution is -2.03. The predicted octanol–water partition coefficient (Wildman–Crippen LogP) is 3.24. The summed E-state index contributed by atoms with van der Waals surface area (Å²) in [6, 6.07) is 0. The summed E-state index contributed by atoms with van der Waals surface area (Å²) in [5, 5.41) is 0. The molecule has 1 aliphatic rings. The molecule has 0 aromatic carbocycles. The van der Waals surface area contributed by atoms with E-state index in [1.165, 1.54) is 49.8 Å². The Morgan fingerprint density at radius 2 is 2.29 bits per heavy atom. The van der Waals surface area contributed by atoms with Crippen molar-refractivity contribution >= 4 is 7.28 Å². The second-order valence-corrected chi connectivity index (χ2v) is 4.00. The Labute approximate surface area is 88.5 Å². The zero-order chi connectivity index (χ0) is 10.2. The lowest BCUT2D eigenvalue weighted by molar-refractivity contribution is 0.201. The van der Waals surface area contributed by atoms with Crippen LogP contribution >= 0.6 is 0 Å². The lowest BCUT2D eigenvalue weighted by Gasteiger charge is -2.20. The van der Waals surface area contributed by atoms with Gasteiger partial charge in [0.25, 0.3) is 0 Å². The third-order valence-corrected chi connectivity index (χ3v) is 2.83. The molecule has 0 aromatic heterocycles. The van der Waals surface area contributed by atoms with Crippen molar-refractivity contribution in [2.75, 3.05) is 6.61 Å². The topological polar surface area (TPSA) is 9.23 Å². The van der Waals surface area contributed by atoms with E-state index < -0.39 is 0 Å². The lowest BCUT2D eigenvalue weighted by atomic mass is 9.74. The van der Waals surface area contributed by atoms with Gasteiger partial charge >= 0.3 is 0 Å². The van der Waals surface area contributed by atoms with Gasteiger partial charge in [0.05, 0.1) is 12.4 Å². The highest BCUT2D eigenvalue weighted by atomic mass is 16.5. The molecule has 2 heteroatoms. The van der Waals surface area contributed by atoms with E-state index in [1.807, 2.05) is 5.98 Å². The standard InChI is InChI=1S/C12H21BO/c1-3-13-9-4-5-10-14-11(2)12-7-6-8-12/h3,13H,1,4-10H2,2H3. The Hall–Kier alpha value is -0.655. The summed E-state index contributed by atoms with van der Waals surface area (Å²) in [7, 11) is 1.14. The highest BCUT2D eigenvalue weighted by Crippen LogP contribution is 2.28. The number of hydrogen-bond acceptors (Lipinski definition) is 1. The van der Waals surface area contributed by atoms with Crippen molar-refractivity contribution in [2.45, 2.75) is 45.3 Å². The molecular formula is C12H21BO. The number of allylic oxidation sites excluding steroid dienone is 2. The van der Waals surface area contributed by atoms with Crippen LogP contribution in [0.3, 0.4) is 0 Å². The van der Waals surface area contributed by atoms with Crippen LogP contribution in [-0.4, -0.2) is 13.9 Å². The zero-order valence-electron chi connectivity index (χ0n) is 9.35. The summed E-state index contributed by atoms with van der Waals surface area (Å²) in [5.41, 5.74) is 1.54. The molecule has 0 spiro atoms. The first kappa shape index (κ1) is 11.4. The Morgan fingerprint density at radius 1 is 1.50 bits per heavy atom. The molecular weight excluding hydrogens is 171 g/mol. The molecule has 0 aromatic rings. The molecule has 0 saturated heterocycles. The van der Waals surface area contributed by atoms with E-state index >= 15 is 0 Å². The average Bonchev–Trinajstić information content (AvgIpc) is 2.08. The average molecular weight is 192 g/mol. The molecule has 1 nitrogen and oxygen atoms in total. The Kier molecular flexibility index (Phi) is 5.50. The fourth-order valence-corrected chi connectivity index (χ4v) is 1.60. The Morgan fingerprint density at radius 3 is 2.86 bits per heavy atom. The van der Waals surface area contributed by atoms with Gasteiger partial charge in [-0.05, 0) is 38.2 Å². The van der Waals surface area contributed by atoms with Gasteiger partial charge in [-0.3, -0.25) is 0 Å². The molecule has 0 bridgehead atoms. The molecule has 0 atom stereocenters. The molecule has 0 heterocycles. The first-order chi connectivity index (χ1) is 6.84. The second kappa shape index (κ2) is 6.75. The van der Waals surface area contributed by atoms with E-state index in [1.54, 1.807) is 0 Å². The van der Waals surface area contributed by atoms with Crippen molar-refractivity contribution in [1.82, 2.24) is 0 Å². The van der Waals surface area contributed by atoms with Gasteiger partial charge in [0.2, 0.25) is 0 Å². The molecule has 1 rings (SSSR count). The predicted molar refractivity (Wildman–Crippen MR) is 63.9 cm³/mol. The van der Waals surface area contributed by atoms with Crippen LogP contribution < -0.4 is 0 Å². The van der Waals surface area contributed by atoms with Crippen molar-refractivity contribution in [3.05, 3.63) is 23.9 Å². The van der Waals surface area contributed by atoms with Crippen LogP contribution in [0.25, 0.3) is 0 Å². The van der Waals surface area contributed by atoms with E-state index in [0.717, 1.165) is 13.9 Å². The van der Waals surface area contributed by atoms with Crippen LogP contribution in [0.2, 0.25) is 6.32 Å². The van der Waals surface area contributed by atoms with E-state index in [9.17, 15) is 0 Å². The van der Waals surface area contributed by atoms with Crippen LogP contribution in [0, 0.1) is 0 Å². The van der Waals surface area contributed by atoms with Gasteiger partial charge in [-0.2, -0.15) is 0 Å². The fourth-order valence-electron chi connectivity index (χ4n) is 1.60. The summed E-state index contributed by atoms with van der Waals surface area (Å²) < 4.78 is 5.68. The molecule has 0 aliphatic heterocycles. The quantitative estimate of drug-likeness (QED) is 0.342. The third kappa shape index (κ3) is 4.04. The molecule has 0 radical (unpaired) electrons. The summed E-state index contributed by atoms with van der Waals surface area (Å²) in [6.07, 6.45) is 7.58. The molecule has 78 valence electrons. The first-order valence-corrected chi connectivity index (χ1v) is 5.77. The fraction of sp³-hybridized carbons (Fsp3) is 0.667. The maximum absolute atomic E-state index is 5.68. The van der Waals surface area contributed by atoms with Crippen molar-refractivity contribution in [2.24, 2.45) is 0 Å². The van der Waals surface area contributed by atoms with E-state index in [-0.39, 0.29) is 0 Å². The maximum Gasteiger partial charge on any atom is 0.147 e. The van der Waals surface area contributed by atoms with Gasteiger partial charge in [-0.15, -0.1) is 12.6 Å². The van der Waals surface area contributed by atoms with Crippen molar-refractivity contribution in [1.29, 1.82) is 0 Å². The van der Waals surface area contributed by atoms with Gasteiger partial charge in [0.1, 0.15) is 7.28 Å². The van der Waals surface area contributed by atoms with Crippen LogP contribution in [-0.2, 0) is 4.74 Å². The van der Waals surface area contributed by atoms with Crippen LogP contribution in [0.4, 0.5) is 0 Å². The molecule has 14 heavy (non-hydrogen) atoms. The molecule has 1 aliphatic carbocycles. The highest BCUT2D eigenvalue weighted by Gasteiger charge is 2.12. The minimum Gasteiger partial charge on any atom is -0.498 e. The van der Waals surface area contributed by atoms with Crippen molar-refractivity contribution in [3.8, 4) is 0 Å². The van der Waals surface area contributed by atoms with E-state index in [0.29, 0.717) is 0 Å². The Balaban J connectivity index is 1.95. The highest BCUT2D eigenvalue weighted by molar-refractivity contribution is 6.41. The van der Waals surface area contributed by atoms with Gasteiger partial charge in [0, 0.05) is 0 Å². The SMILES string of the molecule is C=CBCCCCOC(C)=C1CCC1. The van der Waals surface area contributed by atoms with Crippen LogP contribution in [0.1, 0.15) is 39.0 Å². The third-order valence-electron chi connectivity index (χ3n) is 2.83. The largest absolute Gasteiger partial charge is 0.498 e. The normalized spacial score (nSPS) is 14.5. The van der Waals surface area contributed by atoms with Gasteiger partial charge in [-0.1, -0.05) is 12.7 Å². The molecule has 1 saturated carbocycles. The zero-order valence-corrected chi connectivity index (χ0v) is 9.35. The van der Waals surface area contributed by atoms with Gasteiger partial charge in [-0.25, -0.2) is 0 Å². The molecule has 0 unspecified atom stereocenters. The molecule has 0 N–H and O–H groups in total. The van der Waals surface area contributed by atoms with Crippen LogP contribution in [0.15, 0.2) is 23.9 Å². The van der Waals surface area contributed by atoms with E-state index in [4.69, 9.17) is 4.74 Å².